The Balaban J connectivity index is 1.64. The Morgan fingerprint density at radius 2 is 1.85 bits per heavy atom. The van der Waals surface area contributed by atoms with E-state index >= 15 is 0 Å². The zero-order valence-corrected chi connectivity index (χ0v) is 19.8. The summed E-state index contributed by atoms with van der Waals surface area (Å²) < 4.78 is 12.4. The maximum Gasteiger partial charge on any atom is 0.270 e. The number of hydrogen-bond donors (Lipinski definition) is 1. The van der Waals surface area contributed by atoms with Gasteiger partial charge in [-0.1, -0.05) is 30.2 Å². The van der Waals surface area contributed by atoms with Crippen LogP contribution in [0.4, 0.5) is 0 Å². The van der Waals surface area contributed by atoms with Crippen LogP contribution in [-0.4, -0.2) is 61.0 Å². The van der Waals surface area contributed by atoms with E-state index in [0.717, 1.165) is 25.2 Å². The minimum absolute atomic E-state index is 0.196. The van der Waals surface area contributed by atoms with Crippen LogP contribution in [0.2, 0.25) is 5.02 Å². The summed E-state index contributed by atoms with van der Waals surface area (Å²) in [5.74, 6) is 1.09. The van der Waals surface area contributed by atoms with Crippen LogP contribution in [0.25, 0.3) is 16.9 Å². The highest BCUT2D eigenvalue weighted by Crippen LogP contribution is 2.34. The van der Waals surface area contributed by atoms with Gasteiger partial charge in [0.1, 0.15) is 17.2 Å². The number of methoxy groups -OCH3 is 2. The number of nitrogens with one attached hydrogen (secondary N) is 1. The fourth-order valence-corrected chi connectivity index (χ4v) is 4.31. The van der Waals surface area contributed by atoms with Crippen molar-refractivity contribution >= 4 is 17.5 Å². The number of para-hydroxylation sites is 1. The number of likely N-dealkylation sites (tertiary alicyclic amines) is 1. The normalized spacial score (nSPS) is 14.2. The van der Waals surface area contributed by atoms with Gasteiger partial charge in [0.25, 0.3) is 5.91 Å². The highest BCUT2D eigenvalue weighted by Gasteiger charge is 2.21. The number of rotatable bonds is 8. The van der Waals surface area contributed by atoms with Gasteiger partial charge in [-0.2, -0.15) is 5.10 Å². The van der Waals surface area contributed by atoms with Gasteiger partial charge in [-0.15, -0.1) is 0 Å². The van der Waals surface area contributed by atoms with Crippen LogP contribution in [0.3, 0.4) is 0 Å². The second kappa shape index (κ2) is 10.7. The summed E-state index contributed by atoms with van der Waals surface area (Å²) in [5.41, 5.74) is 2.41. The molecule has 0 spiro atoms. The number of hydrogen-bond acceptors (Lipinski definition) is 5. The van der Waals surface area contributed by atoms with E-state index in [-0.39, 0.29) is 5.91 Å². The Morgan fingerprint density at radius 1 is 1.06 bits per heavy atom. The highest BCUT2D eigenvalue weighted by molar-refractivity contribution is 6.32. The highest BCUT2D eigenvalue weighted by atomic mass is 35.5. The average molecular weight is 469 g/mol. The van der Waals surface area contributed by atoms with Gasteiger partial charge in [-0.25, -0.2) is 4.68 Å². The molecule has 2 aromatic carbocycles. The molecule has 1 saturated heterocycles. The van der Waals surface area contributed by atoms with Crippen molar-refractivity contribution in [1.82, 2.24) is 20.0 Å². The molecule has 1 aliphatic rings. The van der Waals surface area contributed by atoms with Gasteiger partial charge in [-0.05, 0) is 56.3 Å². The molecule has 7 nitrogen and oxygen atoms in total. The molecule has 0 atom stereocenters. The molecule has 3 aromatic rings. The molecule has 0 saturated carbocycles. The summed E-state index contributed by atoms with van der Waals surface area (Å²) in [4.78, 5) is 15.6. The zero-order valence-electron chi connectivity index (χ0n) is 19.0. The van der Waals surface area contributed by atoms with Crippen molar-refractivity contribution in [3.63, 3.8) is 0 Å². The van der Waals surface area contributed by atoms with Crippen molar-refractivity contribution in [2.75, 3.05) is 40.4 Å². The van der Waals surface area contributed by atoms with E-state index in [1.54, 1.807) is 37.1 Å². The molecule has 1 aliphatic heterocycles. The predicted octanol–water partition coefficient (Wildman–Crippen LogP) is 4.43. The van der Waals surface area contributed by atoms with E-state index in [4.69, 9.17) is 26.2 Å². The van der Waals surface area contributed by atoms with E-state index in [0.29, 0.717) is 40.1 Å². The Bertz CT molecular complexity index is 1110. The number of piperidine rings is 1. The fraction of sp³-hybridized carbons (Fsp3) is 0.360. The molecule has 8 heteroatoms. The van der Waals surface area contributed by atoms with Crippen molar-refractivity contribution in [3.05, 3.63) is 59.2 Å². The van der Waals surface area contributed by atoms with Gasteiger partial charge in [-0.3, -0.25) is 4.79 Å². The van der Waals surface area contributed by atoms with Gasteiger partial charge in [0, 0.05) is 24.7 Å². The molecule has 2 heterocycles. The lowest BCUT2D eigenvalue weighted by atomic mass is 10.1. The standard InChI is InChI=1S/C25H29ClN4O3/c1-32-18-10-11-19(24(16-18)33-2)21-17-23(30(28-21)22-9-5-4-8-20(22)26)25(31)27-12-15-29-13-6-3-7-14-29/h4-5,8-11,16-17H,3,6-7,12-15H2,1-2H3,(H,27,31). The first-order valence-corrected chi connectivity index (χ1v) is 11.6. The zero-order chi connectivity index (χ0) is 23.2. The second-order valence-electron chi connectivity index (χ2n) is 8.00. The van der Waals surface area contributed by atoms with Crippen molar-refractivity contribution < 1.29 is 14.3 Å². The number of nitrogens with zero attached hydrogens (tertiary/aromatic N) is 3. The Hall–Kier alpha value is -3.03. The third kappa shape index (κ3) is 5.31. The first kappa shape index (κ1) is 23.1. The van der Waals surface area contributed by atoms with Gasteiger partial charge in [0.05, 0.1) is 30.6 Å². The van der Waals surface area contributed by atoms with Crippen LogP contribution < -0.4 is 14.8 Å². The van der Waals surface area contributed by atoms with Crippen LogP contribution >= 0.6 is 11.6 Å². The minimum Gasteiger partial charge on any atom is -0.497 e. The largest absolute Gasteiger partial charge is 0.497 e. The van der Waals surface area contributed by atoms with Crippen LogP contribution in [0.1, 0.15) is 29.8 Å². The minimum atomic E-state index is -0.196. The first-order chi connectivity index (χ1) is 16.1. The lowest BCUT2D eigenvalue weighted by molar-refractivity contribution is 0.0939. The molecule has 0 unspecified atom stereocenters. The quantitative estimate of drug-likeness (QED) is 0.529. The smallest absolute Gasteiger partial charge is 0.270 e. The lowest BCUT2D eigenvalue weighted by Crippen LogP contribution is -2.38. The van der Waals surface area contributed by atoms with Crippen LogP contribution in [0, 0.1) is 0 Å². The molecule has 33 heavy (non-hydrogen) atoms. The molecule has 0 aliphatic carbocycles. The number of aromatic nitrogens is 2. The van der Waals surface area contributed by atoms with E-state index < -0.39 is 0 Å². The third-order valence-corrected chi connectivity index (χ3v) is 6.19. The number of benzene rings is 2. The van der Waals surface area contributed by atoms with Gasteiger partial charge < -0.3 is 19.7 Å². The summed E-state index contributed by atoms with van der Waals surface area (Å²) in [6.45, 7) is 3.60. The molecule has 1 amide bonds. The Morgan fingerprint density at radius 3 is 2.58 bits per heavy atom. The van der Waals surface area contributed by atoms with Gasteiger partial charge in [0.15, 0.2) is 0 Å². The summed E-state index contributed by atoms with van der Waals surface area (Å²) in [6, 6.07) is 14.6. The number of ether oxygens (including phenoxy) is 2. The summed E-state index contributed by atoms with van der Waals surface area (Å²) in [5, 5.41) is 8.30. The molecule has 1 fully saturated rings. The molecule has 0 radical (unpaired) electrons. The predicted molar refractivity (Wildman–Crippen MR) is 130 cm³/mol. The van der Waals surface area contributed by atoms with E-state index in [2.05, 4.69) is 10.2 Å². The molecular weight excluding hydrogens is 440 g/mol. The summed E-state index contributed by atoms with van der Waals surface area (Å²) >= 11 is 6.45. The molecule has 0 bridgehead atoms. The van der Waals surface area contributed by atoms with Crippen molar-refractivity contribution in [2.45, 2.75) is 19.3 Å². The van der Waals surface area contributed by atoms with Crippen LogP contribution in [-0.2, 0) is 0 Å². The van der Waals surface area contributed by atoms with Crippen LogP contribution in [0.5, 0.6) is 11.5 Å². The summed E-state index contributed by atoms with van der Waals surface area (Å²) in [7, 11) is 3.20. The number of amides is 1. The number of carbonyl (C=O) groups excluding carboxylic acids is 1. The van der Waals surface area contributed by atoms with E-state index in [1.165, 1.54) is 19.3 Å². The van der Waals surface area contributed by atoms with Crippen molar-refractivity contribution in [1.29, 1.82) is 0 Å². The fourth-order valence-electron chi connectivity index (χ4n) is 4.09. The summed E-state index contributed by atoms with van der Waals surface area (Å²) in [6.07, 6.45) is 3.73. The molecule has 1 N–H and O–H groups in total. The number of carbonyl (C=O) groups is 1. The Kier molecular flexibility index (Phi) is 7.52. The molecule has 4 rings (SSSR count). The monoisotopic (exact) mass is 468 g/mol. The molecule has 1 aromatic heterocycles. The first-order valence-electron chi connectivity index (χ1n) is 11.2. The lowest BCUT2D eigenvalue weighted by Gasteiger charge is -2.26. The third-order valence-electron chi connectivity index (χ3n) is 5.87. The SMILES string of the molecule is COc1ccc(-c2cc(C(=O)NCCN3CCCCC3)n(-c3ccccc3Cl)n2)c(OC)c1. The maximum absolute atomic E-state index is 13.2. The van der Waals surface area contributed by atoms with E-state index in [1.807, 2.05) is 30.3 Å². The van der Waals surface area contributed by atoms with Gasteiger partial charge in [0.2, 0.25) is 0 Å². The number of halogens is 1. The van der Waals surface area contributed by atoms with E-state index in [9.17, 15) is 4.79 Å². The second-order valence-corrected chi connectivity index (χ2v) is 8.41. The molecular formula is C25H29ClN4O3. The topological polar surface area (TPSA) is 68.6 Å². The maximum atomic E-state index is 13.2. The average Bonchev–Trinajstić information content (AvgIpc) is 3.29. The Labute approximate surface area is 199 Å². The molecule has 174 valence electrons. The van der Waals surface area contributed by atoms with Crippen molar-refractivity contribution in [3.8, 4) is 28.4 Å². The van der Waals surface area contributed by atoms with Crippen molar-refractivity contribution in [2.24, 2.45) is 0 Å². The van der Waals surface area contributed by atoms with Gasteiger partial charge >= 0.3 is 0 Å². The van der Waals surface area contributed by atoms with Crippen LogP contribution in [0.15, 0.2) is 48.5 Å².